The fourth-order valence-corrected chi connectivity index (χ4v) is 43.0. The molecule has 1 saturated heterocycles. The first-order chi connectivity index (χ1) is 22.5. The Labute approximate surface area is 297 Å². The summed E-state index contributed by atoms with van der Waals surface area (Å²) in [6, 6.07) is 33.5. The van der Waals surface area contributed by atoms with Gasteiger partial charge in [-0.1, -0.05) is 0 Å². The Morgan fingerprint density at radius 1 is 0.521 bits per heavy atom. The first-order valence-electron chi connectivity index (χ1n) is 18.4. The van der Waals surface area contributed by atoms with E-state index in [-0.39, 0.29) is 10.8 Å². The van der Waals surface area contributed by atoms with Gasteiger partial charge in [-0.2, -0.15) is 0 Å². The molecule has 0 aromatic heterocycles. The Kier molecular flexibility index (Phi) is 8.12. The van der Waals surface area contributed by atoms with E-state index in [0.717, 1.165) is 0 Å². The van der Waals surface area contributed by atoms with Gasteiger partial charge in [-0.05, 0) is 0 Å². The maximum absolute atomic E-state index is 3.14. The van der Waals surface area contributed by atoms with Crippen LogP contribution in [-0.2, 0) is 30.8 Å². The van der Waals surface area contributed by atoms with E-state index in [0.29, 0.717) is 18.4 Å². The Balaban J connectivity index is 1.43. The SMILES string of the molecule is CC(C)[Si]1(C(C)C)C2=Cc3c(-c4ccc(C(C)(C)C)cc4)cccc3[CH]2[Hf]([CH3])([CH3])[CH]2C1=Cc1c(-c3ccc(C(C)(C)C)cc3)cccc12. The van der Waals surface area contributed by atoms with Crippen molar-refractivity contribution in [2.75, 3.05) is 0 Å². The zero-order valence-corrected chi connectivity index (χ0v) is 36.1. The Hall–Kier alpha value is -2.55. The van der Waals surface area contributed by atoms with Crippen molar-refractivity contribution in [1.29, 1.82) is 0 Å². The van der Waals surface area contributed by atoms with Gasteiger partial charge in [0.2, 0.25) is 0 Å². The van der Waals surface area contributed by atoms with E-state index in [4.69, 9.17) is 0 Å². The zero-order chi connectivity index (χ0) is 34.6. The third kappa shape index (κ3) is 4.97. The third-order valence-corrected chi connectivity index (χ3v) is 36.2. The molecule has 4 aromatic carbocycles. The number of allylic oxidation sites excluding steroid dienone is 2. The van der Waals surface area contributed by atoms with Crippen molar-refractivity contribution in [1.82, 2.24) is 0 Å². The van der Waals surface area contributed by atoms with Crippen LogP contribution in [-0.4, -0.2) is 8.07 Å². The number of hydrogen-bond donors (Lipinski definition) is 0. The van der Waals surface area contributed by atoms with Crippen LogP contribution in [0.25, 0.3) is 34.4 Å². The van der Waals surface area contributed by atoms with Gasteiger partial charge in [-0.15, -0.1) is 0 Å². The summed E-state index contributed by atoms with van der Waals surface area (Å²) in [6.45, 7) is 24.1. The summed E-state index contributed by atoms with van der Waals surface area (Å²) in [5.41, 5.74) is 16.3. The fraction of sp³-hybridized carbons (Fsp3) is 0.391. The molecule has 2 aliphatic carbocycles. The van der Waals surface area contributed by atoms with Crippen molar-refractivity contribution in [3.05, 3.63) is 129 Å². The molecule has 0 radical (unpaired) electrons. The second kappa shape index (κ2) is 11.5. The Morgan fingerprint density at radius 3 is 1.19 bits per heavy atom. The first-order valence-corrected chi connectivity index (χ1v) is 31.9. The molecule has 0 saturated carbocycles. The predicted octanol–water partition coefficient (Wildman–Crippen LogP) is 13.8. The molecule has 48 heavy (non-hydrogen) atoms. The number of fused-ring (bicyclic) bond motifs is 6. The molecule has 2 heteroatoms. The number of hydrogen-bond acceptors (Lipinski definition) is 0. The predicted molar refractivity (Wildman–Crippen MR) is 210 cm³/mol. The van der Waals surface area contributed by atoms with Crippen LogP contribution in [0, 0.1) is 0 Å². The van der Waals surface area contributed by atoms with Crippen LogP contribution in [0.1, 0.15) is 110 Å². The molecule has 248 valence electrons. The van der Waals surface area contributed by atoms with Gasteiger partial charge in [0.15, 0.2) is 0 Å². The van der Waals surface area contributed by atoms with Gasteiger partial charge in [0, 0.05) is 0 Å². The van der Waals surface area contributed by atoms with Gasteiger partial charge in [-0.25, -0.2) is 0 Å². The molecule has 0 amide bonds. The molecule has 2 unspecified atom stereocenters. The van der Waals surface area contributed by atoms with Gasteiger partial charge >= 0.3 is 299 Å². The zero-order valence-electron chi connectivity index (χ0n) is 31.5. The summed E-state index contributed by atoms with van der Waals surface area (Å²) < 4.78 is 6.90. The quantitative estimate of drug-likeness (QED) is 0.180. The van der Waals surface area contributed by atoms with E-state index >= 15 is 0 Å². The van der Waals surface area contributed by atoms with Crippen LogP contribution in [0.3, 0.4) is 0 Å². The Bertz CT molecular complexity index is 1810. The molecule has 0 spiro atoms. The van der Waals surface area contributed by atoms with E-state index in [2.05, 4.69) is 176 Å². The minimum absolute atomic E-state index is 0.157. The molecule has 1 heterocycles. The molecule has 1 fully saturated rings. The number of rotatable bonds is 4. The van der Waals surface area contributed by atoms with E-state index in [1.807, 2.05) is 10.4 Å². The van der Waals surface area contributed by atoms with Crippen molar-refractivity contribution in [2.24, 2.45) is 0 Å². The summed E-state index contributed by atoms with van der Waals surface area (Å²) in [4.78, 5) is 0. The van der Waals surface area contributed by atoms with Crippen LogP contribution in [0.5, 0.6) is 0 Å². The molecule has 3 aliphatic rings. The van der Waals surface area contributed by atoms with Gasteiger partial charge in [0.25, 0.3) is 0 Å². The average Bonchev–Trinajstić information content (AvgIpc) is 3.61. The van der Waals surface area contributed by atoms with Crippen LogP contribution >= 0.6 is 0 Å². The summed E-state index contributed by atoms with van der Waals surface area (Å²) in [5.74, 6) is 0. The maximum atomic E-state index is 2.81. The minimum atomic E-state index is -3.14. The summed E-state index contributed by atoms with van der Waals surface area (Å²) in [7, 11) is -2.12. The van der Waals surface area contributed by atoms with Crippen LogP contribution in [0.15, 0.2) is 95.3 Å². The molecular weight excluding hydrogens is 759 g/mol. The molecule has 2 atom stereocenters. The average molecular weight is 816 g/mol. The summed E-state index contributed by atoms with van der Waals surface area (Å²) in [6.07, 6.45) is 5.54. The monoisotopic (exact) mass is 816 g/mol. The van der Waals surface area contributed by atoms with Gasteiger partial charge in [-0.3, -0.25) is 0 Å². The first kappa shape index (κ1) is 33.9. The van der Waals surface area contributed by atoms with Gasteiger partial charge in [0.1, 0.15) is 0 Å². The summed E-state index contributed by atoms with van der Waals surface area (Å²) >= 11 is -3.14. The Morgan fingerprint density at radius 2 is 0.875 bits per heavy atom. The van der Waals surface area contributed by atoms with Crippen molar-refractivity contribution >= 4 is 20.2 Å². The van der Waals surface area contributed by atoms with Crippen molar-refractivity contribution in [3.63, 3.8) is 0 Å². The molecule has 0 bridgehead atoms. The standard InChI is InChI=1S/C44H50Si.2CH3.Hf/c1-29(2)45(30(3)4,37-25-33-13-11-15-39(41(33)27-37)31-17-21-35(22-18-31)43(5,6)7)38-26-34-14-12-16-40(42(34)28-38)32-19-23-36(24-20-32)44(8,9)10;;;/h11-30H,1-10H3;2*1H3;. The van der Waals surface area contributed by atoms with E-state index < -0.39 is 28.0 Å². The van der Waals surface area contributed by atoms with Crippen LogP contribution < -0.4 is 0 Å². The van der Waals surface area contributed by atoms with Gasteiger partial charge in [0.05, 0.1) is 0 Å². The van der Waals surface area contributed by atoms with Crippen molar-refractivity contribution in [2.45, 2.75) is 108 Å². The number of benzene rings is 4. The topological polar surface area (TPSA) is 0 Å². The van der Waals surface area contributed by atoms with E-state index in [1.165, 1.54) is 44.5 Å². The molecular formula is C46H56HfSi. The second-order valence-corrected chi connectivity index (χ2v) is 40.8. The molecule has 4 aromatic rings. The molecule has 0 N–H and O–H groups in total. The van der Waals surface area contributed by atoms with E-state index in [9.17, 15) is 0 Å². The van der Waals surface area contributed by atoms with E-state index in [1.54, 1.807) is 11.1 Å². The third-order valence-electron chi connectivity index (χ3n) is 12.5. The molecule has 7 rings (SSSR count). The normalized spacial score (nSPS) is 20.6. The van der Waals surface area contributed by atoms with Crippen molar-refractivity contribution in [3.8, 4) is 22.3 Å². The molecule has 1 aliphatic heterocycles. The second-order valence-electron chi connectivity index (χ2n) is 18.3. The van der Waals surface area contributed by atoms with Crippen molar-refractivity contribution < 1.29 is 20.0 Å². The van der Waals surface area contributed by atoms with Crippen LogP contribution in [0.2, 0.25) is 20.4 Å². The van der Waals surface area contributed by atoms with Crippen LogP contribution in [0.4, 0.5) is 0 Å². The van der Waals surface area contributed by atoms with Gasteiger partial charge < -0.3 is 0 Å². The summed E-state index contributed by atoms with van der Waals surface area (Å²) in [5, 5.41) is 3.75. The fourth-order valence-electron chi connectivity index (χ4n) is 10.3. The molecule has 0 nitrogen and oxygen atoms in total.